The van der Waals surface area contributed by atoms with Gasteiger partial charge >= 0.3 is 0 Å². The summed E-state index contributed by atoms with van der Waals surface area (Å²) < 4.78 is 11.2. The molecule has 176 valence electrons. The minimum Gasteiger partial charge on any atom is -0.497 e. The summed E-state index contributed by atoms with van der Waals surface area (Å²) in [4.78, 5) is 31.3. The van der Waals surface area contributed by atoms with E-state index in [0.717, 1.165) is 17.7 Å². The average molecular weight is 477 g/mol. The smallest absolute Gasteiger partial charge is 0.254 e. The number of rotatable bonds is 9. The second-order valence-electron chi connectivity index (χ2n) is 7.98. The lowest BCUT2D eigenvalue weighted by Gasteiger charge is -2.37. The number of carbonyl (C=O) groups excluding carboxylic acids is 2. The van der Waals surface area contributed by atoms with Gasteiger partial charge in [0.05, 0.1) is 13.2 Å². The van der Waals surface area contributed by atoms with Crippen molar-refractivity contribution >= 4 is 23.2 Å². The fourth-order valence-electron chi connectivity index (χ4n) is 4.11. The van der Waals surface area contributed by atoms with Crippen LogP contribution in [0.15, 0.2) is 78.7 Å². The Bertz CT molecular complexity index is 1130. The Hall–Kier alpha value is -3.58. The van der Waals surface area contributed by atoms with E-state index < -0.39 is 0 Å². The van der Waals surface area contributed by atoms with Crippen molar-refractivity contribution in [3.05, 3.63) is 94.7 Å². The molecular weight excluding hydrogens is 448 g/mol. The molecule has 0 aliphatic carbocycles. The van der Waals surface area contributed by atoms with Gasteiger partial charge in [0.15, 0.2) is 0 Å². The minimum absolute atomic E-state index is 0.0296. The number of para-hydroxylation sites is 1. The van der Waals surface area contributed by atoms with Gasteiger partial charge in [-0.3, -0.25) is 9.59 Å². The van der Waals surface area contributed by atoms with Gasteiger partial charge in [0, 0.05) is 23.5 Å². The Labute approximate surface area is 204 Å². The van der Waals surface area contributed by atoms with E-state index in [0.29, 0.717) is 24.5 Å². The van der Waals surface area contributed by atoms with Crippen LogP contribution in [0.2, 0.25) is 0 Å². The Morgan fingerprint density at radius 2 is 1.88 bits per heavy atom. The number of nitrogens with zero attached hydrogens (tertiary/aromatic N) is 2. The second-order valence-corrected chi connectivity index (χ2v) is 8.98. The molecule has 0 radical (unpaired) electrons. The van der Waals surface area contributed by atoms with Crippen LogP contribution in [0, 0.1) is 0 Å². The highest BCUT2D eigenvalue weighted by Crippen LogP contribution is 2.34. The zero-order chi connectivity index (χ0) is 23.9. The summed E-state index contributed by atoms with van der Waals surface area (Å²) in [7, 11) is 1.58. The number of amides is 2. The van der Waals surface area contributed by atoms with Gasteiger partial charge in [-0.05, 0) is 59.8 Å². The largest absolute Gasteiger partial charge is 0.497 e. The summed E-state index contributed by atoms with van der Waals surface area (Å²) in [6.07, 6.45) is 2.44. The number of carbonyl (C=O) groups is 2. The van der Waals surface area contributed by atoms with Crippen molar-refractivity contribution in [3.8, 4) is 11.5 Å². The van der Waals surface area contributed by atoms with Gasteiger partial charge in [0.2, 0.25) is 5.91 Å². The van der Waals surface area contributed by atoms with E-state index in [2.05, 4.69) is 18.0 Å². The molecule has 2 aromatic carbocycles. The molecule has 0 fully saturated rings. The van der Waals surface area contributed by atoms with Crippen molar-refractivity contribution in [1.29, 1.82) is 0 Å². The maximum absolute atomic E-state index is 13.5. The van der Waals surface area contributed by atoms with Gasteiger partial charge in [-0.2, -0.15) is 0 Å². The van der Waals surface area contributed by atoms with E-state index in [9.17, 15) is 9.59 Å². The van der Waals surface area contributed by atoms with Crippen LogP contribution >= 0.6 is 11.3 Å². The lowest BCUT2D eigenvalue weighted by atomic mass is 10.0. The SMILES string of the molecule is C=CCN(CC(=O)N1CCc2sccc2[C@@H]1COc1ccccc1)C(=O)c1ccc(OC)cc1. The third-order valence-corrected chi connectivity index (χ3v) is 6.86. The highest BCUT2D eigenvalue weighted by molar-refractivity contribution is 7.10. The quantitative estimate of drug-likeness (QED) is 0.424. The maximum Gasteiger partial charge on any atom is 0.254 e. The third kappa shape index (κ3) is 5.31. The number of hydrogen-bond donors (Lipinski definition) is 0. The minimum atomic E-state index is -0.221. The van der Waals surface area contributed by atoms with Crippen molar-refractivity contribution < 1.29 is 19.1 Å². The van der Waals surface area contributed by atoms with E-state index in [1.54, 1.807) is 48.8 Å². The zero-order valence-electron chi connectivity index (χ0n) is 19.2. The monoisotopic (exact) mass is 476 g/mol. The molecule has 6 nitrogen and oxygen atoms in total. The van der Waals surface area contributed by atoms with Gasteiger partial charge in [-0.1, -0.05) is 24.3 Å². The predicted octanol–water partition coefficient (Wildman–Crippen LogP) is 4.59. The number of ether oxygens (including phenoxy) is 2. The molecule has 4 rings (SSSR count). The van der Waals surface area contributed by atoms with Crippen molar-refractivity contribution in [3.63, 3.8) is 0 Å². The Balaban J connectivity index is 1.51. The summed E-state index contributed by atoms with van der Waals surface area (Å²) >= 11 is 1.71. The molecule has 2 heterocycles. The summed E-state index contributed by atoms with van der Waals surface area (Å²) in [6.45, 7) is 4.96. The molecule has 0 bridgehead atoms. The molecule has 3 aromatic rings. The molecule has 0 saturated carbocycles. The van der Waals surface area contributed by atoms with E-state index in [-0.39, 0.29) is 30.9 Å². The van der Waals surface area contributed by atoms with Crippen molar-refractivity contribution in [2.24, 2.45) is 0 Å². The van der Waals surface area contributed by atoms with Crippen LogP contribution in [0.5, 0.6) is 11.5 Å². The predicted molar refractivity (Wildman–Crippen MR) is 134 cm³/mol. The number of thiophene rings is 1. The lowest BCUT2D eigenvalue weighted by molar-refractivity contribution is -0.135. The van der Waals surface area contributed by atoms with E-state index in [1.165, 1.54) is 9.78 Å². The molecule has 1 atom stereocenters. The zero-order valence-corrected chi connectivity index (χ0v) is 20.0. The molecule has 0 spiro atoms. The van der Waals surface area contributed by atoms with Crippen LogP contribution in [0.4, 0.5) is 0 Å². The first kappa shape index (κ1) is 23.6. The highest BCUT2D eigenvalue weighted by atomic mass is 32.1. The van der Waals surface area contributed by atoms with Crippen LogP contribution in [0.25, 0.3) is 0 Å². The van der Waals surface area contributed by atoms with Gasteiger partial charge in [0.1, 0.15) is 24.7 Å². The molecule has 0 N–H and O–H groups in total. The first-order valence-corrected chi connectivity index (χ1v) is 12.1. The normalized spacial score (nSPS) is 14.7. The van der Waals surface area contributed by atoms with Crippen LogP contribution in [-0.2, 0) is 11.2 Å². The van der Waals surface area contributed by atoms with Gasteiger partial charge in [0.25, 0.3) is 5.91 Å². The Morgan fingerprint density at radius 3 is 2.59 bits per heavy atom. The molecule has 1 aliphatic rings. The molecule has 0 saturated heterocycles. The average Bonchev–Trinajstić information content (AvgIpc) is 3.36. The molecule has 34 heavy (non-hydrogen) atoms. The number of fused-ring (bicyclic) bond motifs is 1. The highest BCUT2D eigenvalue weighted by Gasteiger charge is 2.33. The number of methoxy groups -OCH3 is 1. The van der Waals surface area contributed by atoms with E-state index in [1.807, 2.05) is 35.2 Å². The fraction of sp³-hybridized carbons (Fsp3) is 0.259. The summed E-state index contributed by atoms with van der Waals surface area (Å²) in [5.74, 6) is 1.10. The Morgan fingerprint density at radius 1 is 1.12 bits per heavy atom. The summed E-state index contributed by atoms with van der Waals surface area (Å²) in [5.41, 5.74) is 1.62. The van der Waals surface area contributed by atoms with Gasteiger partial charge in [-0.25, -0.2) is 0 Å². The van der Waals surface area contributed by atoms with E-state index in [4.69, 9.17) is 9.47 Å². The van der Waals surface area contributed by atoms with Crippen molar-refractivity contribution in [1.82, 2.24) is 9.80 Å². The number of benzene rings is 2. The molecular formula is C27H28N2O4S. The van der Waals surface area contributed by atoms with Crippen LogP contribution < -0.4 is 9.47 Å². The fourth-order valence-corrected chi connectivity index (χ4v) is 5.04. The van der Waals surface area contributed by atoms with Crippen LogP contribution in [0.3, 0.4) is 0 Å². The third-order valence-electron chi connectivity index (χ3n) is 5.87. The lowest BCUT2D eigenvalue weighted by Crippen LogP contribution is -2.47. The summed E-state index contributed by atoms with van der Waals surface area (Å²) in [6, 6.07) is 18.3. The van der Waals surface area contributed by atoms with Crippen molar-refractivity contribution in [2.45, 2.75) is 12.5 Å². The standard InChI is InChI=1S/C27H28N2O4S/c1-3-15-28(27(31)20-9-11-21(32-2)12-10-20)18-26(30)29-16-13-25-23(14-17-34-25)24(29)19-33-22-7-5-4-6-8-22/h3-12,14,17,24H,1,13,15-16,18-19H2,2H3/t24-/m0/s1. The van der Waals surface area contributed by atoms with E-state index >= 15 is 0 Å². The first-order chi connectivity index (χ1) is 16.6. The second kappa shape index (κ2) is 11.0. The number of hydrogen-bond acceptors (Lipinski definition) is 5. The molecule has 7 heteroatoms. The maximum atomic E-state index is 13.5. The molecule has 1 aliphatic heterocycles. The molecule has 1 aromatic heterocycles. The van der Waals surface area contributed by atoms with Gasteiger partial charge in [-0.15, -0.1) is 17.9 Å². The topological polar surface area (TPSA) is 59.1 Å². The summed E-state index contributed by atoms with van der Waals surface area (Å²) in [5, 5.41) is 2.06. The Kier molecular flexibility index (Phi) is 7.65. The first-order valence-electron chi connectivity index (χ1n) is 11.2. The molecule has 0 unspecified atom stereocenters. The van der Waals surface area contributed by atoms with Crippen molar-refractivity contribution in [2.75, 3.05) is 33.4 Å². The van der Waals surface area contributed by atoms with Crippen LogP contribution in [0.1, 0.15) is 26.8 Å². The molecule has 2 amide bonds. The van der Waals surface area contributed by atoms with Gasteiger partial charge < -0.3 is 19.3 Å². The van der Waals surface area contributed by atoms with Crippen LogP contribution in [-0.4, -0.2) is 55.0 Å².